The van der Waals surface area contributed by atoms with Crippen molar-refractivity contribution in [2.45, 2.75) is 26.4 Å². The lowest BCUT2D eigenvalue weighted by Gasteiger charge is -2.16. The van der Waals surface area contributed by atoms with E-state index in [0.717, 1.165) is 15.0 Å². The fourth-order valence-corrected chi connectivity index (χ4v) is 4.44. The first-order valence-electron chi connectivity index (χ1n) is 9.09. The predicted octanol–water partition coefficient (Wildman–Crippen LogP) is 1.80. The first kappa shape index (κ1) is 21.7. The summed E-state index contributed by atoms with van der Waals surface area (Å²) < 4.78 is 10.8. The van der Waals surface area contributed by atoms with Crippen LogP contribution >= 0.6 is 22.7 Å². The van der Waals surface area contributed by atoms with E-state index in [-0.39, 0.29) is 18.8 Å². The second-order valence-electron chi connectivity index (χ2n) is 5.99. The van der Waals surface area contributed by atoms with Gasteiger partial charge in [-0.15, -0.1) is 22.7 Å². The molecule has 0 saturated carbocycles. The summed E-state index contributed by atoms with van der Waals surface area (Å²) in [6.45, 7) is 2.81. The number of aromatic nitrogens is 2. The van der Waals surface area contributed by atoms with Gasteiger partial charge in [0.2, 0.25) is 11.9 Å². The monoisotopic (exact) mass is 449 g/mol. The van der Waals surface area contributed by atoms with Gasteiger partial charge in [-0.05, 0) is 25.3 Å². The molecule has 3 aromatic rings. The van der Waals surface area contributed by atoms with Crippen LogP contribution in [0, 0.1) is 0 Å². The van der Waals surface area contributed by atoms with Crippen LogP contribution < -0.4 is 10.9 Å². The van der Waals surface area contributed by atoms with Crippen LogP contribution in [0.15, 0.2) is 34.0 Å². The van der Waals surface area contributed by atoms with E-state index in [0.29, 0.717) is 10.2 Å². The summed E-state index contributed by atoms with van der Waals surface area (Å²) in [4.78, 5) is 55.2. The van der Waals surface area contributed by atoms with E-state index in [1.807, 2.05) is 22.9 Å². The van der Waals surface area contributed by atoms with Crippen molar-refractivity contribution in [1.29, 1.82) is 0 Å². The molecule has 3 aromatic heterocycles. The summed E-state index contributed by atoms with van der Waals surface area (Å²) in [7, 11) is 0. The summed E-state index contributed by atoms with van der Waals surface area (Å²) in [6, 6.07) is 2.18. The second kappa shape index (κ2) is 9.63. The summed E-state index contributed by atoms with van der Waals surface area (Å²) in [5.74, 6) is -2.58. The van der Waals surface area contributed by atoms with Crippen LogP contribution in [0.2, 0.25) is 0 Å². The van der Waals surface area contributed by atoms with Gasteiger partial charge in [-0.1, -0.05) is 6.07 Å². The number of rotatable bonds is 8. The zero-order valence-electron chi connectivity index (χ0n) is 16.2. The molecular weight excluding hydrogens is 430 g/mol. The van der Waals surface area contributed by atoms with Gasteiger partial charge in [-0.3, -0.25) is 14.2 Å². The Morgan fingerprint density at radius 2 is 1.87 bits per heavy atom. The molecule has 0 aliphatic rings. The SMILES string of the molecule is CCOC(=O)C(NC(=O)Cn1cnc2scc(-c3cccs3)c2c1=O)C(=O)OCC. The topological polar surface area (TPSA) is 117 Å². The molecule has 0 radical (unpaired) electrons. The molecule has 158 valence electrons. The number of ether oxygens (including phenoxy) is 2. The van der Waals surface area contributed by atoms with Gasteiger partial charge in [0.1, 0.15) is 11.4 Å². The van der Waals surface area contributed by atoms with Crippen LogP contribution in [0.5, 0.6) is 0 Å². The van der Waals surface area contributed by atoms with Crippen molar-refractivity contribution in [2.75, 3.05) is 13.2 Å². The molecule has 3 rings (SSSR count). The third-order valence-corrected chi connectivity index (χ3v) is 5.80. The van der Waals surface area contributed by atoms with Gasteiger partial charge in [-0.2, -0.15) is 0 Å². The zero-order chi connectivity index (χ0) is 21.7. The number of hydrogen-bond donors (Lipinski definition) is 1. The van der Waals surface area contributed by atoms with Gasteiger partial charge in [0, 0.05) is 15.8 Å². The lowest BCUT2D eigenvalue weighted by atomic mass is 10.2. The Bertz CT molecular complexity index is 1100. The average Bonchev–Trinajstić information content (AvgIpc) is 3.38. The van der Waals surface area contributed by atoms with E-state index in [1.165, 1.54) is 29.0 Å². The van der Waals surface area contributed by atoms with Crippen LogP contribution in [0.1, 0.15) is 13.8 Å². The predicted molar refractivity (Wildman–Crippen MR) is 112 cm³/mol. The molecule has 0 saturated heterocycles. The molecule has 0 aromatic carbocycles. The van der Waals surface area contributed by atoms with Gasteiger partial charge in [0.25, 0.3) is 5.56 Å². The van der Waals surface area contributed by atoms with E-state index < -0.39 is 30.4 Å². The van der Waals surface area contributed by atoms with E-state index >= 15 is 0 Å². The minimum Gasteiger partial charge on any atom is -0.464 e. The Morgan fingerprint density at radius 3 is 2.47 bits per heavy atom. The highest BCUT2D eigenvalue weighted by Gasteiger charge is 2.31. The number of esters is 2. The fraction of sp³-hybridized carbons (Fsp3) is 0.316. The summed E-state index contributed by atoms with van der Waals surface area (Å²) in [5.41, 5.74) is 0.372. The van der Waals surface area contributed by atoms with E-state index in [4.69, 9.17) is 9.47 Å². The average molecular weight is 450 g/mol. The molecule has 0 atom stereocenters. The number of fused-ring (bicyclic) bond motifs is 1. The molecule has 1 N–H and O–H groups in total. The smallest absolute Gasteiger partial charge is 0.340 e. The Kier molecular flexibility index (Phi) is 6.95. The van der Waals surface area contributed by atoms with Crippen LogP contribution in [-0.2, 0) is 30.4 Å². The molecular formula is C19H19N3O6S2. The quantitative estimate of drug-likeness (QED) is 0.412. The number of hydrogen-bond acceptors (Lipinski definition) is 9. The molecule has 0 fully saturated rings. The normalized spacial score (nSPS) is 10.9. The van der Waals surface area contributed by atoms with Gasteiger partial charge in [0.05, 0.1) is 24.9 Å². The Morgan fingerprint density at radius 1 is 1.17 bits per heavy atom. The number of nitrogens with one attached hydrogen (secondary N) is 1. The van der Waals surface area contributed by atoms with Crippen molar-refractivity contribution < 1.29 is 23.9 Å². The summed E-state index contributed by atoms with van der Waals surface area (Å²) in [5, 5.41) is 6.46. The first-order valence-corrected chi connectivity index (χ1v) is 10.8. The van der Waals surface area contributed by atoms with Gasteiger partial charge in [0.15, 0.2) is 0 Å². The maximum Gasteiger partial charge on any atom is 0.340 e. The fourth-order valence-electron chi connectivity index (χ4n) is 2.72. The molecule has 0 spiro atoms. The molecule has 0 unspecified atom stereocenters. The maximum absolute atomic E-state index is 13.0. The van der Waals surface area contributed by atoms with E-state index in [9.17, 15) is 19.2 Å². The highest BCUT2D eigenvalue weighted by atomic mass is 32.1. The molecule has 0 aliphatic carbocycles. The summed E-state index contributed by atoms with van der Waals surface area (Å²) >= 11 is 2.84. The lowest BCUT2D eigenvalue weighted by molar-refractivity contribution is -0.159. The Balaban J connectivity index is 1.84. The molecule has 0 bridgehead atoms. The van der Waals surface area contributed by atoms with Crippen molar-refractivity contribution in [1.82, 2.24) is 14.9 Å². The molecule has 30 heavy (non-hydrogen) atoms. The minimum atomic E-state index is -1.60. The van der Waals surface area contributed by atoms with Crippen molar-refractivity contribution in [3.63, 3.8) is 0 Å². The van der Waals surface area contributed by atoms with Crippen molar-refractivity contribution in [3.8, 4) is 10.4 Å². The van der Waals surface area contributed by atoms with Crippen LogP contribution in [0.25, 0.3) is 20.7 Å². The second-order valence-corrected chi connectivity index (χ2v) is 7.79. The van der Waals surface area contributed by atoms with Gasteiger partial charge >= 0.3 is 11.9 Å². The molecule has 11 heteroatoms. The van der Waals surface area contributed by atoms with Crippen LogP contribution in [-0.4, -0.2) is 46.7 Å². The largest absolute Gasteiger partial charge is 0.464 e. The van der Waals surface area contributed by atoms with Gasteiger partial charge in [-0.25, -0.2) is 14.6 Å². The molecule has 9 nitrogen and oxygen atoms in total. The van der Waals surface area contributed by atoms with Crippen LogP contribution in [0.4, 0.5) is 0 Å². The maximum atomic E-state index is 13.0. The standard InChI is InChI=1S/C19H19N3O6S2/c1-3-27-18(25)15(19(26)28-4-2)21-13(23)8-22-10-20-16-14(17(22)24)11(9-30-16)12-6-5-7-29-12/h5-7,9-10,15H,3-4,8H2,1-2H3,(H,21,23). The number of nitrogens with zero attached hydrogens (tertiary/aromatic N) is 2. The third kappa shape index (κ3) is 4.57. The van der Waals surface area contributed by atoms with Crippen LogP contribution in [0.3, 0.4) is 0 Å². The van der Waals surface area contributed by atoms with E-state index in [1.54, 1.807) is 13.8 Å². The zero-order valence-corrected chi connectivity index (χ0v) is 17.9. The summed E-state index contributed by atoms with van der Waals surface area (Å²) in [6.07, 6.45) is 1.27. The highest BCUT2D eigenvalue weighted by Crippen LogP contribution is 2.33. The molecule has 1 amide bonds. The Labute approximate surface area is 179 Å². The number of carbonyl (C=O) groups excluding carboxylic acids is 3. The first-order chi connectivity index (χ1) is 14.5. The highest BCUT2D eigenvalue weighted by molar-refractivity contribution is 7.18. The number of thiophene rings is 2. The van der Waals surface area contributed by atoms with Gasteiger partial charge < -0.3 is 14.8 Å². The van der Waals surface area contributed by atoms with Crippen molar-refractivity contribution >= 4 is 50.7 Å². The molecule has 0 aliphatic heterocycles. The number of carbonyl (C=O) groups is 3. The Hall–Kier alpha value is -3.05. The molecule has 3 heterocycles. The van der Waals surface area contributed by atoms with E-state index in [2.05, 4.69) is 10.3 Å². The third-order valence-electron chi connectivity index (χ3n) is 4.01. The van der Waals surface area contributed by atoms with Crippen molar-refractivity contribution in [2.24, 2.45) is 0 Å². The lowest BCUT2D eigenvalue weighted by Crippen LogP contribution is -2.49. The minimum absolute atomic E-state index is 0.0360. The van der Waals surface area contributed by atoms with Crippen molar-refractivity contribution in [3.05, 3.63) is 39.6 Å². The number of amides is 1.